The fourth-order valence-electron chi connectivity index (χ4n) is 0. The molecule has 0 aromatic rings. The first-order valence-electron chi connectivity index (χ1n) is 0. The van der Waals surface area contributed by atoms with Gasteiger partial charge in [-0.05, 0) is 0 Å². The van der Waals surface area contributed by atoms with E-state index in [-0.39, 0.29) is 118 Å². The Labute approximate surface area is 115 Å². The van der Waals surface area contributed by atoms with Crippen LogP contribution in [-0.4, -0.2) is 45.3 Å². The molecule has 0 bridgehead atoms. The summed E-state index contributed by atoms with van der Waals surface area (Å²) in [7, 11) is 0. The molecule has 0 aromatic carbocycles. The Hall–Kier alpha value is 3.87. The average Bonchev–Trinajstić information content (AvgIpc) is 0. The maximum atomic E-state index is 0. The molecule has 1 atom stereocenters. The molecule has 0 amide bonds. The molecular weight excluding hydrogens is 647 g/mol. The van der Waals surface area contributed by atoms with Crippen molar-refractivity contribution in [1.82, 2.24) is 0 Å². The van der Waals surface area contributed by atoms with Crippen LogP contribution in [-0.2, 0) is 72.3 Å². The molecule has 5 heteroatoms. The van der Waals surface area contributed by atoms with Gasteiger partial charge in [0.05, 0.1) is 0 Å². The summed E-state index contributed by atoms with van der Waals surface area (Å²) in [5, 5.41) is 0. The minimum atomic E-state index is 0. The van der Waals surface area contributed by atoms with Crippen molar-refractivity contribution in [3.05, 3.63) is 0 Å². The Bertz CT molecular complexity index is 11.6. The van der Waals surface area contributed by atoms with Gasteiger partial charge in [0.2, 0.25) is 0 Å². The van der Waals surface area contributed by atoms with Crippen molar-refractivity contribution in [3.8, 4) is 0 Å². The van der Waals surface area contributed by atoms with E-state index in [2.05, 4.69) is 0 Å². The molecule has 0 aliphatic rings. The van der Waals surface area contributed by atoms with E-state index in [4.69, 9.17) is 0 Å². The Morgan fingerprint density at radius 1 is 1.00 bits per heavy atom. The van der Waals surface area contributed by atoms with Crippen molar-refractivity contribution in [1.29, 1.82) is 0 Å². The van der Waals surface area contributed by atoms with Gasteiger partial charge in [0, 0.05) is 72.3 Å². The molecular formula is H5AsCdCrHgPb. The van der Waals surface area contributed by atoms with Gasteiger partial charge in [0.1, 0.15) is 0 Å². The SMILES string of the molecule is [AsH3].[Cd].[Cr].[Hg].[PbH2]. The fourth-order valence-corrected chi connectivity index (χ4v) is 0. The third-order valence-corrected chi connectivity index (χ3v) is 0. The zero-order valence-electron chi connectivity index (χ0n) is 3.24. The third-order valence-electron chi connectivity index (χ3n) is 0. The third kappa shape index (κ3) is 18.1. The maximum absolute atomic E-state index is 0. The molecule has 2 radical (unpaired) electrons. The van der Waals surface area contributed by atoms with Crippen LogP contribution in [0.2, 0.25) is 0 Å². The fraction of sp³-hybridized carbons (Fsp3) is 0. The summed E-state index contributed by atoms with van der Waals surface area (Å²) in [4.78, 5) is 0. The van der Waals surface area contributed by atoms with Crippen molar-refractivity contribution in [3.63, 3.8) is 0 Å². The molecule has 0 N–H and O–H groups in total. The topological polar surface area (TPSA) is 0 Å². The predicted octanol–water partition coefficient (Wildman–Crippen LogP) is -2.11. The van der Waals surface area contributed by atoms with Crippen LogP contribution in [0.3, 0.4) is 0 Å². The van der Waals surface area contributed by atoms with Gasteiger partial charge in [-0.15, -0.1) is 0 Å². The van der Waals surface area contributed by atoms with E-state index in [0.717, 1.165) is 0 Å². The molecule has 5 heavy (non-hydrogen) atoms. The van der Waals surface area contributed by atoms with E-state index in [1.54, 1.807) is 0 Å². The Morgan fingerprint density at radius 3 is 1.00 bits per heavy atom. The Balaban J connectivity index is 0. The Morgan fingerprint density at radius 2 is 1.00 bits per heavy atom. The summed E-state index contributed by atoms with van der Waals surface area (Å²) in [6.07, 6.45) is 0. The summed E-state index contributed by atoms with van der Waals surface area (Å²) in [6, 6.07) is 0. The molecule has 0 saturated carbocycles. The van der Waals surface area contributed by atoms with Crippen LogP contribution in [0.15, 0.2) is 0 Å². The van der Waals surface area contributed by atoms with Crippen molar-refractivity contribution < 1.29 is 72.3 Å². The van der Waals surface area contributed by atoms with Crippen LogP contribution < -0.4 is 0 Å². The van der Waals surface area contributed by atoms with Gasteiger partial charge in [0.15, 0.2) is 0 Å². The molecule has 0 aliphatic heterocycles. The van der Waals surface area contributed by atoms with Gasteiger partial charge in [-0.2, -0.15) is 0 Å². The second-order valence-corrected chi connectivity index (χ2v) is 0. The van der Waals surface area contributed by atoms with Crippen molar-refractivity contribution in [2.24, 2.45) is 0 Å². The minimum absolute atomic E-state index is 0. The van der Waals surface area contributed by atoms with E-state index >= 15 is 0 Å². The number of hydrogen-bond acceptors (Lipinski definition) is 0. The summed E-state index contributed by atoms with van der Waals surface area (Å²) >= 11 is 0. The van der Waals surface area contributed by atoms with E-state index in [1.807, 2.05) is 0 Å². The van der Waals surface area contributed by atoms with E-state index < -0.39 is 0 Å². The summed E-state index contributed by atoms with van der Waals surface area (Å²) in [5.74, 6) is 0. The van der Waals surface area contributed by atoms with Crippen LogP contribution in [0.4, 0.5) is 0 Å². The van der Waals surface area contributed by atoms with Gasteiger partial charge in [0.25, 0.3) is 0 Å². The summed E-state index contributed by atoms with van der Waals surface area (Å²) in [6.45, 7) is 0. The first-order valence-corrected chi connectivity index (χ1v) is 0. The molecule has 0 nitrogen and oxygen atoms in total. The normalized spacial score (nSPS) is 0. The van der Waals surface area contributed by atoms with Crippen molar-refractivity contribution in [2.75, 3.05) is 0 Å². The molecule has 0 saturated heterocycles. The van der Waals surface area contributed by atoms with Crippen LogP contribution in [0, 0.1) is 0 Å². The van der Waals surface area contributed by atoms with E-state index in [1.165, 1.54) is 0 Å². The van der Waals surface area contributed by atoms with Crippen LogP contribution >= 0.6 is 0 Å². The Kier molecular flexibility index (Phi) is 182. The molecule has 0 aliphatic carbocycles. The molecule has 24 valence electrons. The predicted molar refractivity (Wildman–Crippen MR) is 18.5 cm³/mol. The zero-order valence-corrected chi connectivity index (χ0v) is 22.5. The second kappa shape index (κ2) is 24.8. The van der Waals surface area contributed by atoms with Gasteiger partial charge >= 0.3 is 45.3 Å². The summed E-state index contributed by atoms with van der Waals surface area (Å²) < 4.78 is 0. The molecule has 1 unspecified atom stereocenters. The second-order valence-electron chi connectivity index (χ2n) is 0. The monoisotopic (exact) mass is 656 g/mol. The number of hydrogen-bond donors (Lipinski definition) is 0. The molecule has 0 spiro atoms. The quantitative estimate of drug-likeness (QED) is 0.264. The molecule has 0 heterocycles. The van der Waals surface area contributed by atoms with E-state index in [9.17, 15) is 0 Å². The van der Waals surface area contributed by atoms with Crippen LogP contribution in [0.25, 0.3) is 0 Å². The molecule has 0 rings (SSSR count). The van der Waals surface area contributed by atoms with Gasteiger partial charge < -0.3 is 0 Å². The first kappa shape index (κ1) is 36.7. The molecule has 0 fully saturated rings. The number of rotatable bonds is 0. The first-order chi connectivity index (χ1) is 0. The standard InChI is InChI=1S/AsH3.Cd.Cr.Hg.Pb.2H/h1H3;;;;;;. The average molecular weight is 652 g/mol. The van der Waals surface area contributed by atoms with Crippen molar-refractivity contribution >= 4 is 45.3 Å². The summed E-state index contributed by atoms with van der Waals surface area (Å²) in [5.41, 5.74) is 0. The van der Waals surface area contributed by atoms with Crippen LogP contribution in [0.5, 0.6) is 0 Å². The zero-order chi connectivity index (χ0) is 0. The van der Waals surface area contributed by atoms with Gasteiger partial charge in [-0.25, -0.2) is 0 Å². The van der Waals surface area contributed by atoms with Gasteiger partial charge in [-0.3, -0.25) is 0 Å². The molecule has 0 aromatic heterocycles. The van der Waals surface area contributed by atoms with Crippen molar-refractivity contribution in [2.45, 2.75) is 0 Å². The van der Waals surface area contributed by atoms with E-state index in [0.29, 0.717) is 0 Å². The van der Waals surface area contributed by atoms with Crippen LogP contribution in [0.1, 0.15) is 0 Å². The van der Waals surface area contributed by atoms with Gasteiger partial charge in [-0.1, -0.05) is 0 Å².